The number of carbonyl (C=O) groups excluding carboxylic acids is 1. The van der Waals surface area contributed by atoms with Crippen molar-refractivity contribution in [1.82, 2.24) is 5.32 Å². The molecule has 98 valence electrons. The highest BCUT2D eigenvalue weighted by Gasteiger charge is 2.24. The molecule has 1 fully saturated rings. The molecule has 1 amide bonds. The Bertz CT molecular complexity index is 447. The summed E-state index contributed by atoms with van der Waals surface area (Å²) >= 11 is 1.96. The largest absolute Gasteiger partial charge is 0.376 e. The standard InChI is InChI=1S/C13H15FINO2/c1-8(12-3-2-6-18-12)16-13(17)10-5-4-9(14)7-11(10)15/h4-5,7-8,12H,2-3,6H2,1H3,(H,16,17). The quantitative estimate of drug-likeness (QED) is 0.839. The molecule has 3 nitrogen and oxygen atoms in total. The van der Waals surface area contributed by atoms with Gasteiger partial charge in [-0.05, 0) is 60.6 Å². The Morgan fingerprint density at radius 1 is 1.61 bits per heavy atom. The van der Waals surface area contributed by atoms with Crippen molar-refractivity contribution in [1.29, 1.82) is 0 Å². The SMILES string of the molecule is CC(NC(=O)c1ccc(F)cc1I)C1CCCO1. The maximum absolute atomic E-state index is 13.0. The van der Waals surface area contributed by atoms with Crippen molar-refractivity contribution >= 4 is 28.5 Å². The van der Waals surface area contributed by atoms with Crippen molar-refractivity contribution in [2.75, 3.05) is 6.61 Å². The van der Waals surface area contributed by atoms with E-state index in [1.807, 2.05) is 29.5 Å². The van der Waals surface area contributed by atoms with Gasteiger partial charge in [0, 0.05) is 10.2 Å². The van der Waals surface area contributed by atoms with E-state index in [0.29, 0.717) is 9.13 Å². The van der Waals surface area contributed by atoms with Gasteiger partial charge in [-0.1, -0.05) is 0 Å². The van der Waals surface area contributed by atoms with Gasteiger partial charge in [0.25, 0.3) is 5.91 Å². The first kappa shape index (κ1) is 13.7. The van der Waals surface area contributed by atoms with E-state index in [4.69, 9.17) is 4.74 Å². The fourth-order valence-electron chi connectivity index (χ4n) is 2.05. The van der Waals surface area contributed by atoms with Gasteiger partial charge in [-0.25, -0.2) is 4.39 Å². The average molecular weight is 363 g/mol. The molecule has 18 heavy (non-hydrogen) atoms. The van der Waals surface area contributed by atoms with Gasteiger partial charge >= 0.3 is 0 Å². The number of hydrogen-bond donors (Lipinski definition) is 1. The third-order valence-electron chi connectivity index (χ3n) is 3.06. The summed E-state index contributed by atoms with van der Waals surface area (Å²) in [6.07, 6.45) is 2.10. The van der Waals surface area contributed by atoms with Gasteiger partial charge < -0.3 is 10.1 Å². The van der Waals surface area contributed by atoms with Crippen LogP contribution in [-0.4, -0.2) is 24.7 Å². The minimum Gasteiger partial charge on any atom is -0.376 e. The maximum Gasteiger partial charge on any atom is 0.252 e. The van der Waals surface area contributed by atoms with E-state index in [-0.39, 0.29) is 23.9 Å². The molecule has 2 rings (SSSR count). The van der Waals surface area contributed by atoms with E-state index in [1.165, 1.54) is 18.2 Å². The van der Waals surface area contributed by atoms with E-state index >= 15 is 0 Å². The highest BCUT2D eigenvalue weighted by Crippen LogP contribution is 2.17. The molecule has 1 aromatic rings. The van der Waals surface area contributed by atoms with Crippen molar-refractivity contribution < 1.29 is 13.9 Å². The lowest BCUT2D eigenvalue weighted by Crippen LogP contribution is -2.41. The normalized spacial score (nSPS) is 20.7. The molecule has 0 saturated carbocycles. The predicted molar refractivity (Wildman–Crippen MR) is 75.0 cm³/mol. The first-order valence-corrected chi connectivity index (χ1v) is 7.03. The highest BCUT2D eigenvalue weighted by atomic mass is 127. The van der Waals surface area contributed by atoms with Crippen molar-refractivity contribution in [2.24, 2.45) is 0 Å². The molecular weight excluding hydrogens is 348 g/mol. The second kappa shape index (κ2) is 5.97. The van der Waals surface area contributed by atoms with Crippen molar-refractivity contribution in [2.45, 2.75) is 31.9 Å². The van der Waals surface area contributed by atoms with Crippen LogP contribution in [0.2, 0.25) is 0 Å². The molecule has 2 unspecified atom stereocenters. The molecular formula is C13H15FINO2. The molecule has 1 saturated heterocycles. The number of hydrogen-bond acceptors (Lipinski definition) is 2. The van der Waals surface area contributed by atoms with Crippen LogP contribution in [0, 0.1) is 9.39 Å². The van der Waals surface area contributed by atoms with Crippen LogP contribution >= 0.6 is 22.6 Å². The van der Waals surface area contributed by atoms with Crippen molar-refractivity contribution in [3.05, 3.63) is 33.1 Å². The van der Waals surface area contributed by atoms with Crippen molar-refractivity contribution in [3.63, 3.8) is 0 Å². The van der Waals surface area contributed by atoms with Gasteiger partial charge in [0.15, 0.2) is 0 Å². The van der Waals surface area contributed by atoms with Crippen LogP contribution in [0.5, 0.6) is 0 Å². The lowest BCUT2D eigenvalue weighted by Gasteiger charge is -2.20. The van der Waals surface area contributed by atoms with E-state index in [9.17, 15) is 9.18 Å². The number of rotatable bonds is 3. The minimum absolute atomic E-state index is 0.0270. The smallest absolute Gasteiger partial charge is 0.252 e. The maximum atomic E-state index is 13.0. The van der Waals surface area contributed by atoms with Crippen LogP contribution in [0.25, 0.3) is 0 Å². The van der Waals surface area contributed by atoms with Crippen molar-refractivity contribution in [3.8, 4) is 0 Å². The van der Waals surface area contributed by atoms with Crippen LogP contribution in [0.15, 0.2) is 18.2 Å². The van der Waals surface area contributed by atoms with Gasteiger partial charge in [0.05, 0.1) is 17.7 Å². The second-order valence-corrected chi connectivity index (χ2v) is 5.60. The van der Waals surface area contributed by atoms with Crippen LogP contribution in [0.1, 0.15) is 30.1 Å². The summed E-state index contributed by atoms with van der Waals surface area (Å²) < 4.78 is 19.1. The van der Waals surface area contributed by atoms with E-state index in [1.54, 1.807) is 0 Å². The van der Waals surface area contributed by atoms with Gasteiger partial charge in [-0.15, -0.1) is 0 Å². The van der Waals surface area contributed by atoms with E-state index in [0.717, 1.165) is 19.4 Å². The molecule has 0 bridgehead atoms. The number of ether oxygens (including phenoxy) is 1. The van der Waals surface area contributed by atoms with Crippen LogP contribution < -0.4 is 5.32 Å². The topological polar surface area (TPSA) is 38.3 Å². The first-order valence-electron chi connectivity index (χ1n) is 5.95. The first-order chi connectivity index (χ1) is 8.58. The Kier molecular flexibility index (Phi) is 4.55. The Morgan fingerprint density at radius 2 is 2.39 bits per heavy atom. The van der Waals surface area contributed by atoms with Crippen LogP contribution in [-0.2, 0) is 4.74 Å². The Hall–Kier alpha value is -0.690. The summed E-state index contributed by atoms with van der Waals surface area (Å²) in [6, 6.07) is 4.13. The fourth-order valence-corrected chi connectivity index (χ4v) is 2.77. The lowest BCUT2D eigenvalue weighted by molar-refractivity contribution is 0.0712. The average Bonchev–Trinajstić information content (AvgIpc) is 2.81. The summed E-state index contributed by atoms with van der Waals surface area (Å²) in [4.78, 5) is 12.1. The molecule has 2 atom stereocenters. The van der Waals surface area contributed by atoms with Crippen LogP contribution in [0.4, 0.5) is 4.39 Å². The number of amides is 1. The molecule has 5 heteroatoms. The zero-order chi connectivity index (χ0) is 13.1. The van der Waals surface area contributed by atoms with Crippen LogP contribution in [0.3, 0.4) is 0 Å². The Balaban J connectivity index is 2.02. The zero-order valence-corrected chi connectivity index (χ0v) is 12.2. The molecule has 0 aliphatic carbocycles. The fraction of sp³-hybridized carbons (Fsp3) is 0.462. The molecule has 1 aliphatic heterocycles. The molecule has 1 aliphatic rings. The number of carbonyl (C=O) groups is 1. The van der Waals surface area contributed by atoms with E-state index in [2.05, 4.69) is 5.32 Å². The highest BCUT2D eigenvalue weighted by molar-refractivity contribution is 14.1. The summed E-state index contributed by atoms with van der Waals surface area (Å²) in [7, 11) is 0. The summed E-state index contributed by atoms with van der Waals surface area (Å²) in [6.45, 7) is 2.70. The monoisotopic (exact) mass is 363 g/mol. The molecule has 1 heterocycles. The summed E-state index contributed by atoms with van der Waals surface area (Å²) in [5.74, 6) is -0.509. The molecule has 0 spiro atoms. The van der Waals surface area contributed by atoms with Gasteiger partial charge in [-0.3, -0.25) is 4.79 Å². The third-order valence-corrected chi connectivity index (χ3v) is 3.95. The molecule has 1 aromatic carbocycles. The van der Waals surface area contributed by atoms with Gasteiger partial charge in [-0.2, -0.15) is 0 Å². The predicted octanol–water partition coefficient (Wildman–Crippen LogP) is 2.73. The minimum atomic E-state index is -0.330. The van der Waals surface area contributed by atoms with Gasteiger partial charge in [0.2, 0.25) is 0 Å². The molecule has 0 aromatic heterocycles. The molecule has 0 radical (unpaired) electrons. The van der Waals surface area contributed by atoms with Gasteiger partial charge in [0.1, 0.15) is 5.82 Å². The zero-order valence-electron chi connectivity index (χ0n) is 10.1. The number of nitrogens with one attached hydrogen (secondary N) is 1. The lowest BCUT2D eigenvalue weighted by atomic mass is 10.1. The summed E-state index contributed by atoms with van der Waals surface area (Å²) in [5, 5.41) is 2.91. The Labute approximate surface area is 119 Å². The summed E-state index contributed by atoms with van der Waals surface area (Å²) in [5.41, 5.74) is 0.502. The Morgan fingerprint density at radius 3 is 3.00 bits per heavy atom. The number of benzene rings is 1. The second-order valence-electron chi connectivity index (χ2n) is 4.44. The number of halogens is 2. The third kappa shape index (κ3) is 3.20. The van der Waals surface area contributed by atoms with E-state index < -0.39 is 0 Å². The molecule has 1 N–H and O–H groups in total.